The van der Waals surface area contributed by atoms with Crippen molar-refractivity contribution in [2.24, 2.45) is 29.6 Å². The van der Waals surface area contributed by atoms with Crippen LogP contribution in [0.2, 0.25) is 0 Å². The molecule has 1 heteroatoms. The van der Waals surface area contributed by atoms with Crippen molar-refractivity contribution in [3.8, 4) is 0 Å². The smallest absolute Gasteiger partial charge is 0.00695 e. The molecule has 2 rings (SSSR count). The summed E-state index contributed by atoms with van der Waals surface area (Å²) in [7, 11) is 0. The van der Waals surface area contributed by atoms with E-state index in [1.54, 1.807) is 12.8 Å². The van der Waals surface area contributed by atoms with Gasteiger partial charge in [-0.1, -0.05) is 27.2 Å². The fourth-order valence-electron chi connectivity index (χ4n) is 4.59. The van der Waals surface area contributed by atoms with Gasteiger partial charge < -0.3 is 5.32 Å². The molecule has 0 saturated heterocycles. The summed E-state index contributed by atoms with van der Waals surface area (Å²) in [4.78, 5) is 0. The Hall–Kier alpha value is -0.0400. The molecular weight excluding hydrogens is 218 g/mol. The molecule has 0 aromatic carbocycles. The highest BCUT2D eigenvalue weighted by atomic mass is 14.9. The van der Waals surface area contributed by atoms with Crippen LogP contribution in [0.1, 0.15) is 66.2 Å². The molecule has 2 saturated carbocycles. The molecule has 1 N–H and O–H groups in total. The highest BCUT2D eigenvalue weighted by Gasteiger charge is 2.40. The number of fused-ring (bicyclic) bond motifs is 2. The molecule has 2 fully saturated rings. The van der Waals surface area contributed by atoms with E-state index in [9.17, 15) is 0 Å². The minimum Gasteiger partial charge on any atom is -0.314 e. The minimum absolute atomic E-state index is 0.698. The van der Waals surface area contributed by atoms with Crippen LogP contribution in [-0.4, -0.2) is 12.6 Å². The molecule has 0 aromatic heterocycles. The van der Waals surface area contributed by atoms with Crippen molar-refractivity contribution in [2.45, 2.75) is 72.3 Å². The van der Waals surface area contributed by atoms with E-state index in [2.05, 4.69) is 33.0 Å². The van der Waals surface area contributed by atoms with Gasteiger partial charge in [0.15, 0.2) is 0 Å². The van der Waals surface area contributed by atoms with Crippen LogP contribution in [-0.2, 0) is 0 Å². The van der Waals surface area contributed by atoms with Gasteiger partial charge >= 0.3 is 0 Å². The van der Waals surface area contributed by atoms with Gasteiger partial charge in [0, 0.05) is 6.04 Å². The summed E-state index contributed by atoms with van der Waals surface area (Å²) in [6, 6.07) is 0.698. The second-order valence-electron chi connectivity index (χ2n) is 7.32. The van der Waals surface area contributed by atoms with Gasteiger partial charge in [-0.3, -0.25) is 0 Å². The number of nitrogens with one attached hydrogen (secondary N) is 1. The maximum absolute atomic E-state index is 3.73. The average molecular weight is 251 g/mol. The van der Waals surface area contributed by atoms with Gasteiger partial charge in [-0.25, -0.2) is 0 Å². The summed E-state index contributed by atoms with van der Waals surface area (Å²) in [5.41, 5.74) is 0. The van der Waals surface area contributed by atoms with E-state index in [0.717, 1.165) is 29.6 Å². The van der Waals surface area contributed by atoms with Gasteiger partial charge in [0.05, 0.1) is 0 Å². The number of hydrogen-bond donors (Lipinski definition) is 1. The molecule has 0 aliphatic heterocycles. The van der Waals surface area contributed by atoms with E-state index in [1.165, 1.54) is 32.2 Å². The van der Waals surface area contributed by atoms with Crippen molar-refractivity contribution in [2.75, 3.05) is 6.54 Å². The van der Waals surface area contributed by atoms with Crippen LogP contribution in [0, 0.1) is 29.6 Å². The lowest BCUT2D eigenvalue weighted by Gasteiger charge is -2.33. The Labute approximate surface area is 114 Å². The summed E-state index contributed by atoms with van der Waals surface area (Å²) in [5.74, 6) is 4.95. The number of hydrogen-bond acceptors (Lipinski definition) is 1. The third-order valence-corrected chi connectivity index (χ3v) is 5.67. The highest BCUT2D eigenvalue weighted by molar-refractivity contribution is 4.92. The second-order valence-corrected chi connectivity index (χ2v) is 7.32. The molecule has 2 aliphatic carbocycles. The van der Waals surface area contributed by atoms with E-state index in [0.29, 0.717) is 6.04 Å². The van der Waals surface area contributed by atoms with E-state index in [4.69, 9.17) is 0 Å². The van der Waals surface area contributed by atoms with Crippen LogP contribution < -0.4 is 5.32 Å². The second kappa shape index (κ2) is 6.41. The van der Waals surface area contributed by atoms with Gasteiger partial charge in [0.1, 0.15) is 0 Å². The normalized spacial score (nSPS) is 34.2. The lowest BCUT2D eigenvalue weighted by Crippen LogP contribution is -2.38. The zero-order valence-corrected chi connectivity index (χ0v) is 12.9. The molecule has 18 heavy (non-hydrogen) atoms. The Morgan fingerprint density at radius 2 is 1.89 bits per heavy atom. The summed E-state index contributed by atoms with van der Waals surface area (Å²) < 4.78 is 0. The summed E-state index contributed by atoms with van der Waals surface area (Å²) >= 11 is 0. The Morgan fingerprint density at radius 1 is 1.11 bits per heavy atom. The summed E-state index contributed by atoms with van der Waals surface area (Å²) in [5, 5.41) is 3.73. The van der Waals surface area contributed by atoms with E-state index < -0.39 is 0 Å². The average Bonchev–Trinajstić information content (AvgIpc) is 2.94. The first-order valence-corrected chi connectivity index (χ1v) is 8.35. The molecule has 0 spiro atoms. The third kappa shape index (κ3) is 3.29. The zero-order chi connectivity index (χ0) is 13.1. The fourth-order valence-corrected chi connectivity index (χ4v) is 4.59. The van der Waals surface area contributed by atoms with Crippen molar-refractivity contribution < 1.29 is 0 Å². The first-order chi connectivity index (χ1) is 8.61. The van der Waals surface area contributed by atoms with Crippen LogP contribution in [0.4, 0.5) is 0 Å². The Kier molecular flexibility index (Phi) is 5.12. The van der Waals surface area contributed by atoms with Gasteiger partial charge in [-0.05, 0) is 75.2 Å². The highest BCUT2D eigenvalue weighted by Crippen LogP contribution is 2.51. The molecule has 0 radical (unpaired) electrons. The SMILES string of the molecule is CCCNC(C)C(CC1CC2CCC1C2)C(C)C. The summed E-state index contributed by atoms with van der Waals surface area (Å²) in [6.45, 7) is 10.7. The van der Waals surface area contributed by atoms with Crippen LogP contribution in [0.5, 0.6) is 0 Å². The largest absolute Gasteiger partial charge is 0.314 e. The van der Waals surface area contributed by atoms with E-state index in [1.807, 2.05) is 0 Å². The maximum atomic E-state index is 3.73. The fraction of sp³-hybridized carbons (Fsp3) is 1.00. The summed E-state index contributed by atoms with van der Waals surface area (Å²) in [6.07, 6.45) is 8.93. The predicted molar refractivity (Wildman–Crippen MR) is 79.6 cm³/mol. The van der Waals surface area contributed by atoms with Crippen molar-refractivity contribution >= 4 is 0 Å². The molecule has 0 amide bonds. The zero-order valence-electron chi connectivity index (χ0n) is 12.9. The third-order valence-electron chi connectivity index (χ3n) is 5.67. The molecular formula is C17H33N. The Morgan fingerprint density at radius 3 is 2.39 bits per heavy atom. The molecule has 1 nitrogen and oxygen atoms in total. The molecule has 2 aliphatic rings. The van der Waals surface area contributed by atoms with Crippen LogP contribution >= 0.6 is 0 Å². The minimum atomic E-state index is 0.698. The lowest BCUT2D eigenvalue weighted by atomic mass is 9.76. The molecule has 0 aromatic rings. The van der Waals surface area contributed by atoms with Gasteiger partial charge in [-0.15, -0.1) is 0 Å². The van der Waals surface area contributed by atoms with Crippen LogP contribution in [0.15, 0.2) is 0 Å². The Balaban J connectivity index is 1.86. The first-order valence-electron chi connectivity index (χ1n) is 8.35. The lowest BCUT2D eigenvalue weighted by molar-refractivity contribution is 0.195. The maximum Gasteiger partial charge on any atom is 0.00695 e. The topological polar surface area (TPSA) is 12.0 Å². The van der Waals surface area contributed by atoms with Gasteiger partial charge in [-0.2, -0.15) is 0 Å². The first kappa shape index (κ1) is 14.4. The van der Waals surface area contributed by atoms with E-state index >= 15 is 0 Å². The van der Waals surface area contributed by atoms with Crippen molar-refractivity contribution in [1.82, 2.24) is 5.32 Å². The number of rotatable bonds is 7. The van der Waals surface area contributed by atoms with Crippen molar-refractivity contribution in [3.05, 3.63) is 0 Å². The molecule has 5 unspecified atom stereocenters. The van der Waals surface area contributed by atoms with Crippen LogP contribution in [0.3, 0.4) is 0 Å². The Bertz CT molecular complexity index is 248. The standard InChI is InChI=1S/C17H33N/c1-5-8-18-13(4)17(12(2)3)11-16-10-14-6-7-15(16)9-14/h12-18H,5-11H2,1-4H3. The van der Waals surface area contributed by atoms with Gasteiger partial charge in [0.2, 0.25) is 0 Å². The monoisotopic (exact) mass is 251 g/mol. The molecule has 5 atom stereocenters. The molecule has 106 valence electrons. The molecule has 0 heterocycles. The molecule has 2 bridgehead atoms. The van der Waals surface area contributed by atoms with Crippen LogP contribution in [0.25, 0.3) is 0 Å². The predicted octanol–water partition coefficient (Wildman–Crippen LogP) is 4.47. The van der Waals surface area contributed by atoms with Crippen molar-refractivity contribution in [1.29, 1.82) is 0 Å². The van der Waals surface area contributed by atoms with Crippen molar-refractivity contribution in [3.63, 3.8) is 0 Å². The quantitative estimate of drug-likeness (QED) is 0.704. The van der Waals surface area contributed by atoms with E-state index in [-0.39, 0.29) is 0 Å². The van der Waals surface area contributed by atoms with Gasteiger partial charge in [0.25, 0.3) is 0 Å².